The number of aryl methyl sites for hydroxylation is 2. The van der Waals surface area contributed by atoms with Crippen LogP contribution in [0.5, 0.6) is 0 Å². The van der Waals surface area contributed by atoms with Crippen molar-refractivity contribution in [3.05, 3.63) is 10.5 Å². The first-order chi connectivity index (χ1) is 9.43. The second-order valence-electron chi connectivity index (χ2n) is 5.26. The van der Waals surface area contributed by atoms with Crippen molar-refractivity contribution in [1.82, 2.24) is 24.6 Å². The molecular formula is C13H21N5OS. The Kier molecular flexibility index (Phi) is 4.27. The summed E-state index contributed by atoms with van der Waals surface area (Å²) in [7, 11) is 1.88. The number of rotatable bonds is 5. The van der Waals surface area contributed by atoms with E-state index >= 15 is 0 Å². The minimum Gasteiger partial charge on any atom is -0.352 e. The third-order valence-corrected chi connectivity index (χ3v) is 3.38. The van der Waals surface area contributed by atoms with E-state index in [-0.39, 0.29) is 18.5 Å². The van der Waals surface area contributed by atoms with Gasteiger partial charge < -0.3 is 10.3 Å². The Morgan fingerprint density at radius 2 is 2.20 bits per heavy atom. The molecular weight excluding hydrogens is 274 g/mol. The van der Waals surface area contributed by atoms with E-state index < -0.39 is 0 Å². The average molecular weight is 295 g/mol. The van der Waals surface area contributed by atoms with Gasteiger partial charge in [0.25, 0.3) is 0 Å². The van der Waals surface area contributed by atoms with Gasteiger partial charge in [0, 0.05) is 13.1 Å². The number of carbonyl (C=O) groups is 1. The van der Waals surface area contributed by atoms with Crippen LogP contribution in [0.3, 0.4) is 0 Å². The lowest BCUT2D eigenvalue weighted by Crippen LogP contribution is -2.33. The largest absolute Gasteiger partial charge is 0.352 e. The molecule has 1 amide bonds. The summed E-state index contributed by atoms with van der Waals surface area (Å²) < 4.78 is 4.15. The Labute approximate surface area is 123 Å². The second-order valence-corrected chi connectivity index (χ2v) is 5.64. The first-order valence-electron chi connectivity index (χ1n) is 6.87. The van der Waals surface area contributed by atoms with E-state index in [9.17, 15) is 4.79 Å². The molecule has 0 saturated carbocycles. The van der Waals surface area contributed by atoms with Crippen LogP contribution in [0.4, 0.5) is 0 Å². The molecule has 0 radical (unpaired) electrons. The third-order valence-electron chi connectivity index (χ3n) is 3.06. The molecule has 0 spiro atoms. The van der Waals surface area contributed by atoms with Crippen molar-refractivity contribution in [2.24, 2.45) is 7.05 Å². The van der Waals surface area contributed by atoms with Crippen LogP contribution in [-0.2, 0) is 24.8 Å². The fraction of sp³-hybridized carbons (Fsp3) is 0.615. The smallest absolute Gasteiger partial charge is 0.240 e. The number of aromatic nitrogens is 4. The maximum atomic E-state index is 11.9. The van der Waals surface area contributed by atoms with E-state index in [0.717, 1.165) is 29.7 Å². The number of imidazole rings is 1. The van der Waals surface area contributed by atoms with E-state index in [0.29, 0.717) is 4.77 Å². The molecule has 6 nitrogen and oxygen atoms in total. The number of nitrogens with one attached hydrogen (secondary N) is 2. The van der Waals surface area contributed by atoms with Gasteiger partial charge in [-0.2, -0.15) is 5.10 Å². The lowest BCUT2D eigenvalue weighted by Gasteiger charge is -2.09. The van der Waals surface area contributed by atoms with Crippen LogP contribution in [-0.4, -0.2) is 31.3 Å². The number of aromatic amines is 1. The standard InChI is InChI=1S/C13H21N5OS/c1-5-6-9-11-12(17(4)16-9)18(13(20)15-11)7-10(19)14-8(2)3/h8H,5-7H2,1-4H3,(H,14,19)(H,15,20). The maximum Gasteiger partial charge on any atom is 0.240 e. The number of hydrogen-bond acceptors (Lipinski definition) is 3. The molecule has 2 heterocycles. The molecule has 0 saturated heterocycles. The fourth-order valence-electron chi connectivity index (χ4n) is 2.35. The molecule has 7 heteroatoms. The highest BCUT2D eigenvalue weighted by Crippen LogP contribution is 2.18. The lowest BCUT2D eigenvalue weighted by molar-refractivity contribution is -0.122. The number of H-pyrrole nitrogens is 1. The van der Waals surface area contributed by atoms with Crippen LogP contribution in [0.25, 0.3) is 11.2 Å². The molecule has 0 unspecified atom stereocenters. The highest BCUT2D eigenvalue weighted by molar-refractivity contribution is 7.71. The maximum absolute atomic E-state index is 11.9. The summed E-state index contributed by atoms with van der Waals surface area (Å²) in [6, 6.07) is 0.119. The Balaban J connectivity index is 2.41. The molecule has 0 aliphatic carbocycles. The molecule has 0 aromatic carbocycles. The summed E-state index contributed by atoms with van der Waals surface area (Å²) >= 11 is 5.33. The zero-order chi connectivity index (χ0) is 14.9. The Morgan fingerprint density at radius 3 is 2.80 bits per heavy atom. The van der Waals surface area contributed by atoms with Crippen molar-refractivity contribution in [2.75, 3.05) is 0 Å². The molecule has 20 heavy (non-hydrogen) atoms. The number of nitrogens with zero attached hydrogens (tertiary/aromatic N) is 3. The van der Waals surface area contributed by atoms with Crippen molar-refractivity contribution in [2.45, 2.75) is 46.2 Å². The van der Waals surface area contributed by atoms with Crippen molar-refractivity contribution in [1.29, 1.82) is 0 Å². The van der Waals surface area contributed by atoms with E-state index in [1.807, 2.05) is 20.9 Å². The van der Waals surface area contributed by atoms with Gasteiger partial charge in [-0.05, 0) is 32.5 Å². The molecule has 0 fully saturated rings. The predicted octanol–water partition coefficient (Wildman–Crippen LogP) is 1.91. The monoisotopic (exact) mass is 295 g/mol. The SMILES string of the molecule is CCCc1nn(C)c2c1[nH]c(=S)n2CC(=O)NC(C)C. The van der Waals surface area contributed by atoms with E-state index in [1.54, 1.807) is 9.25 Å². The third kappa shape index (κ3) is 2.77. The van der Waals surface area contributed by atoms with Gasteiger partial charge in [-0.15, -0.1) is 0 Å². The van der Waals surface area contributed by atoms with Crippen molar-refractivity contribution in [3.8, 4) is 0 Å². The van der Waals surface area contributed by atoms with Crippen LogP contribution < -0.4 is 5.32 Å². The summed E-state index contributed by atoms with van der Waals surface area (Å²) in [6.45, 7) is 6.20. The number of carbonyl (C=O) groups excluding carboxylic acids is 1. The first kappa shape index (κ1) is 14.8. The Hall–Kier alpha value is -1.63. The van der Waals surface area contributed by atoms with Gasteiger partial charge in [0.1, 0.15) is 12.1 Å². The fourth-order valence-corrected chi connectivity index (χ4v) is 2.60. The van der Waals surface area contributed by atoms with Crippen LogP contribution in [0.15, 0.2) is 0 Å². The molecule has 0 aliphatic rings. The highest BCUT2D eigenvalue weighted by atomic mass is 32.1. The summed E-state index contributed by atoms with van der Waals surface area (Å²) in [5, 5.41) is 7.37. The first-order valence-corrected chi connectivity index (χ1v) is 7.28. The van der Waals surface area contributed by atoms with Gasteiger partial charge >= 0.3 is 0 Å². The minimum absolute atomic E-state index is 0.0461. The van der Waals surface area contributed by atoms with Gasteiger partial charge in [-0.1, -0.05) is 13.3 Å². The molecule has 2 rings (SSSR count). The van der Waals surface area contributed by atoms with Crippen molar-refractivity contribution >= 4 is 29.3 Å². The van der Waals surface area contributed by atoms with Gasteiger partial charge in [0.15, 0.2) is 10.4 Å². The summed E-state index contributed by atoms with van der Waals surface area (Å²) in [5.74, 6) is -0.0461. The topological polar surface area (TPSA) is 67.6 Å². The number of fused-ring (bicyclic) bond motifs is 1. The summed E-state index contributed by atoms with van der Waals surface area (Å²) in [4.78, 5) is 15.1. The normalized spacial score (nSPS) is 11.4. The molecule has 110 valence electrons. The lowest BCUT2D eigenvalue weighted by atomic mass is 10.2. The van der Waals surface area contributed by atoms with Gasteiger partial charge in [0.05, 0.1) is 5.69 Å². The predicted molar refractivity (Wildman–Crippen MR) is 81.2 cm³/mol. The molecule has 0 aliphatic heterocycles. The Bertz CT molecular complexity index is 679. The van der Waals surface area contributed by atoms with E-state index in [4.69, 9.17) is 12.2 Å². The van der Waals surface area contributed by atoms with Crippen molar-refractivity contribution in [3.63, 3.8) is 0 Å². The highest BCUT2D eigenvalue weighted by Gasteiger charge is 2.16. The van der Waals surface area contributed by atoms with E-state index in [2.05, 4.69) is 22.3 Å². The molecule has 2 aromatic heterocycles. The van der Waals surface area contributed by atoms with E-state index in [1.165, 1.54) is 0 Å². The van der Waals surface area contributed by atoms with Gasteiger partial charge in [-0.25, -0.2) is 0 Å². The van der Waals surface area contributed by atoms with Crippen molar-refractivity contribution < 1.29 is 4.79 Å². The molecule has 0 bridgehead atoms. The Morgan fingerprint density at radius 1 is 1.50 bits per heavy atom. The minimum atomic E-state index is -0.0461. The number of amides is 1. The molecule has 0 atom stereocenters. The zero-order valence-corrected chi connectivity index (χ0v) is 13.2. The van der Waals surface area contributed by atoms with Gasteiger partial charge in [0.2, 0.25) is 5.91 Å². The van der Waals surface area contributed by atoms with Crippen LogP contribution >= 0.6 is 12.2 Å². The molecule has 2 aromatic rings. The zero-order valence-electron chi connectivity index (χ0n) is 12.4. The van der Waals surface area contributed by atoms with Crippen LogP contribution in [0.2, 0.25) is 0 Å². The average Bonchev–Trinajstić information content (AvgIpc) is 2.79. The summed E-state index contributed by atoms with van der Waals surface area (Å²) in [5.41, 5.74) is 2.81. The summed E-state index contributed by atoms with van der Waals surface area (Å²) in [6.07, 6.45) is 1.91. The number of hydrogen-bond donors (Lipinski definition) is 2. The van der Waals surface area contributed by atoms with Crippen LogP contribution in [0.1, 0.15) is 32.9 Å². The van der Waals surface area contributed by atoms with Gasteiger partial charge in [-0.3, -0.25) is 14.0 Å². The molecule has 2 N–H and O–H groups in total. The van der Waals surface area contributed by atoms with Crippen LogP contribution in [0, 0.1) is 4.77 Å². The quantitative estimate of drug-likeness (QED) is 0.828. The second kappa shape index (κ2) is 5.78.